The molecule has 78 valence electrons. The summed E-state index contributed by atoms with van der Waals surface area (Å²) in [4.78, 5) is 0. The van der Waals surface area contributed by atoms with Gasteiger partial charge >= 0.3 is 0 Å². The van der Waals surface area contributed by atoms with Crippen molar-refractivity contribution in [2.45, 2.75) is 6.92 Å². The SMILES string of the molecule is CCNS(=O)(=O)Nc1ccc(I)cc1. The molecule has 0 bridgehead atoms. The zero-order chi connectivity index (χ0) is 10.6. The van der Waals surface area contributed by atoms with Crippen molar-refractivity contribution < 1.29 is 8.42 Å². The summed E-state index contributed by atoms with van der Waals surface area (Å²) in [6.07, 6.45) is 0. The van der Waals surface area contributed by atoms with Crippen molar-refractivity contribution in [3.8, 4) is 0 Å². The van der Waals surface area contributed by atoms with Gasteiger partial charge in [-0.05, 0) is 46.9 Å². The molecule has 0 amide bonds. The van der Waals surface area contributed by atoms with E-state index < -0.39 is 10.2 Å². The van der Waals surface area contributed by atoms with Gasteiger partial charge in [0.05, 0.1) is 0 Å². The summed E-state index contributed by atoms with van der Waals surface area (Å²) in [5.74, 6) is 0. The highest BCUT2D eigenvalue weighted by molar-refractivity contribution is 14.1. The van der Waals surface area contributed by atoms with Gasteiger partial charge in [0, 0.05) is 15.8 Å². The van der Waals surface area contributed by atoms with Gasteiger partial charge in [-0.3, -0.25) is 4.72 Å². The van der Waals surface area contributed by atoms with Crippen molar-refractivity contribution in [2.24, 2.45) is 0 Å². The molecule has 4 nitrogen and oxygen atoms in total. The quantitative estimate of drug-likeness (QED) is 0.825. The minimum absolute atomic E-state index is 0.375. The van der Waals surface area contributed by atoms with Crippen LogP contribution in [0.25, 0.3) is 0 Å². The maximum Gasteiger partial charge on any atom is 0.299 e. The topological polar surface area (TPSA) is 58.2 Å². The zero-order valence-electron chi connectivity index (χ0n) is 7.62. The van der Waals surface area contributed by atoms with Crippen molar-refractivity contribution >= 4 is 38.5 Å². The third-order valence-electron chi connectivity index (χ3n) is 1.43. The number of rotatable bonds is 4. The second-order valence-electron chi connectivity index (χ2n) is 2.61. The van der Waals surface area contributed by atoms with E-state index in [0.29, 0.717) is 12.2 Å². The lowest BCUT2D eigenvalue weighted by molar-refractivity contribution is 0.589. The van der Waals surface area contributed by atoms with E-state index in [1.165, 1.54) is 0 Å². The van der Waals surface area contributed by atoms with Gasteiger partial charge < -0.3 is 0 Å². The maximum absolute atomic E-state index is 11.3. The molecule has 1 aromatic rings. The summed E-state index contributed by atoms with van der Waals surface area (Å²) in [5.41, 5.74) is 0.561. The summed E-state index contributed by atoms with van der Waals surface area (Å²) in [6, 6.07) is 7.11. The number of benzene rings is 1. The molecule has 0 aromatic heterocycles. The van der Waals surface area contributed by atoms with Crippen molar-refractivity contribution in [1.29, 1.82) is 0 Å². The molecule has 0 saturated carbocycles. The van der Waals surface area contributed by atoms with Crippen molar-refractivity contribution in [2.75, 3.05) is 11.3 Å². The molecule has 0 aliphatic rings. The van der Waals surface area contributed by atoms with Gasteiger partial charge in [0.1, 0.15) is 0 Å². The first-order valence-corrected chi connectivity index (χ1v) is 6.62. The summed E-state index contributed by atoms with van der Waals surface area (Å²) in [5, 5.41) is 0. The number of anilines is 1. The van der Waals surface area contributed by atoms with Crippen LogP contribution in [-0.2, 0) is 10.2 Å². The molecule has 6 heteroatoms. The molecule has 0 atom stereocenters. The molecule has 0 aliphatic carbocycles. The largest absolute Gasteiger partial charge is 0.299 e. The number of nitrogens with one attached hydrogen (secondary N) is 2. The smallest absolute Gasteiger partial charge is 0.271 e. The third-order valence-corrected chi connectivity index (χ3v) is 3.32. The molecule has 0 heterocycles. The fourth-order valence-corrected chi connectivity index (χ4v) is 2.16. The van der Waals surface area contributed by atoms with E-state index in [9.17, 15) is 8.42 Å². The Morgan fingerprint density at radius 1 is 1.29 bits per heavy atom. The number of hydrogen-bond donors (Lipinski definition) is 2. The summed E-state index contributed by atoms with van der Waals surface area (Å²) in [6.45, 7) is 2.10. The van der Waals surface area contributed by atoms with E-state index in [1.54, 1.807) is 19.1 Å². The van der Waals surface area contributed by atoms with Gasteiger partial charge in [0.25, 0.3) is 10.2 Å². The van der Waals surface area contributed by atoms with Crippen LogP contribution in [-0.4, -0.2) is 15.0 Å². The Morgan fingerprint density at radius 3 is 2.36 bits per heavy atom. The Morgan fingerprint density at radius 2 is 1.86 bits per heavy atom. The van der Waals surface area contributed by atoms with Crippen LogP contribution in [0, 0.1) is 3.57 Å². The predicted molar refractivity (Wildman–Crippen MR) is 65.4 cm³/mol. The fraction of sp³-hybridized carbons (Fsp3) is 0.250. The monoisotopic (exact) mass is 326 g/mol. The van der Waals surface area contributed by atoms with Crippen LogP contribution in [0.4, 0.5) is 5.69 Å². The van der Waals surface area contributed by atoms with Gasteiger partial charge in [-0.15, -0.1) is 0 Å². The molecule has 0 spiro atoms. The Kier molecular flexibility index (Phi) is 4.14. The average molecular weight is 326 g/mol. The van der Waals surface area contributed by atoms with E-state index in [2.05, 4.69) is 32.0 Å². The van der Waals surface area contributed by atoms with Crippen LogP contribution in [0.3, 0.4) is 0 Å². The highest BCUT2D eigenvalue weighted by Crippen LogP contribution is 2.11. The van der Waals surface area contributed by atoms with Gasteiger partial charge in [-0.25, -0.2) is 0 Å². The average Bonchev–Trinajstić information content (AvgIpc) is 2.08. The first kappa shape index (κ1) is 11.7. The van der Waals surface area contributed by atoms with E-state index >= 15 is 0 Å². The Hall–Kier alpha value is -0.340. The second kappa shape index (κ2) is 4.94. The first-order valence-electron chi connectivity index (χ1n) is 4.06. The molecule has 0 saturated heterocycles. The normalized spacial score (nSPS) is 11.3. The van der Waals surface area contributed by atoms with E-state index in [-0.39, 0.29) is 0 Å². The third kappa shape index (κ3) is 3.81. The Balaban J connectivity index is 2.74. The maximum atomic E-state index is 11.3. The van der Waals surface area contributed by atoms with Crippen LogP contribution < -0.4 is 9.44 Å². The molecule has 1 aromatic carbocycles. The molecule has 14 heavy (non-hydrogen) atoms. The van der Waals surface area contributed by atoms with Crippen LogP contribution in [0.5, 0.6) is 0 Å². The fourth-order valence-electron chi connectivity index (χ4n) is 0.899. The Labute approximate surface area is 97.4 Å². The molecule has 0 unspecified atom stereocenters. The molecular weight excluding hydrogens is 315 g/mol. The van der Waals surface area contributed by atoms with Crippen molar-refractivity contribution in [1.82, 2.24) is 4.72 Å². The molecule has 0 radical (unpaired) electrons. The Bertz CT molecular complexity index is 388. The molecular formula is C8H11IN2O2S. The molecule has 2 N–H and O–H groups in total. The van der Waals surface area contributed by atoms with Crippen LogP contribution in [0.15, 0.2) is 24.3 Å². The highest BCUT2D eigenvalue weighted by Gasteiger charge is 2.06. The summed E-state index contributed by atoms with van der Waals surface area (Å²) < 4.78 is 28.3. The minimum Gasteiger partial charge on any atom is -0.271 e. The lowest BCUT2D eigenvalue weighted by Gasteiger charge is -2.07. The van der Waals surface area contributed by atoms with E-state index in [0.717, 1.165) is 3.57 Å². The van der Waals surface area contributed by atoms with Gasteiger partial charge in [0.2, 0.25) is 0 Å². The van der Waals surface area contributed by atoms with Crippen molar-refractivity contribution in [3.63, 3.8) is 0 Å². The first-order chi connectivity index (χ1) is 6.53. The van der Waals surface area contributed by atoms with Gasteiger partial charge in [-0.2, -0.15) is 13.1 Å². The lowest BCUT2D eigenvalue weighted by Crippen LogP contribution is -2.29. The molecule has 0 fully saturated rings. The zero-order valence-corrected chi connectivity index (χ0v) is 10.6. The standard InChI is InChI=1S/C8H11IN2O2S/c1-2-10-14(12,13)11-8-5-3-7(9)4-6-8/h3-6,10-11H,2H2,1H3. The van der Waals surface area contributed by atoms with E-state index in [4.69, 9.17) is 0 Å². The summed E-state index contributed by atoms with van der Waals surface area (Å²) in [7, 11) is -3.40. The van der Waals surface area contributed by atoms with E-state index in [1.807, 2.05) is 12.1 Å². The number of hydrogen-bond acceptors (Lipinski definition) is 2. The lowest BCUT2D eigenvalue weighted by atomic mass is 10.3. The van der Waals surface area contributed by atoms with Gasteiger partial charge in [-0.1, -0.05) is 6.92 Å². The summed E-state index contributed by atoms with van der Waals surface area (Å²) >= 11 is 2.16. The van der Waals surface area contributed by atoms with Crippen LogP contribution >= 0.6 is 22.6 Å². The second-order valence-corrected chi connectivity index (χ2v) is 5.36. The van der Waals surface area contributed by atoms with Crippen LogP contribution in [0.2, 0.25) is 0 Å². The number of halogens is 1. The van der Waals surface area contributed by atoms with Crippen LogP contribution in [0.1, 0.15) is 6.92 Å². The molecule has 1 rings (SSSR count). The minimum atomic E-state index is -3.40. The van der Waals surface area contributed by atoms with Gasteiger partial charge in [0.15, 0.2) is 0 Å². The van der Waals surface area contributed by atoms with Crippen molar-refractivity contribution in [3.05, 3.63) is 27.8 Å². The highest BCUT2D eigenvalue weighted by atomic mass is 127. The molecule has 0 aliphatic heterocycles. The predicted octanol–water partition coefficient (Wildman–Crippen LogP) is 1.56.